The van der Waals surface area contributed by atoms with Crippen LogP contribution in [-0.2, 0) is 0 Å². The van der Waals surface area contributed by atoms with Gasteiger partial charge in [0.2, 0.25) is 0 Å². The fourth-order valence-corrected chi connectivity index (χ4v) is 3.81. The van der Waals surface area contributed by atoms with Gasteiger partial charge in [-0.05, 0) is 131 Å². The van der Waals surface area contributed by atoms with Crippen LogP contribution in [-0.4, -0.2) is 0 Å². The number of benzene rings is 6. The van der Waals surface area contributed by atoms with Gasteiger partial charge in [0.1, 0.15) is 23.3 Å². The van der Waals surface area contributed by atoms with E-state index < -0.39 is 0 Å². The SMILES string of the molecule is C.Cc1cc(C)cc(F)c1.Cc1ccc(F)cc1.Cc1cccc(F)c1.Cc1ccccc1.Cc1ccccc1C.Cc1ccccc1F. The third kappa shape index (κ3) is 22.3. The monoisotopic (exact) mass is 668 g/mol. The van der Waals surface area contributed by atoms with Crippen LogP contribution in [0, 0.1) is 78.7 Å². The molecule has 0 amide bonds. The van der Waals surface area contributed by atoms with Crippen molar-refractivity contribution >= 4 is 0 Å². The molecule has 6 aromatic carbocycles. The first-order chi connectivity index (χ1) is 22.8. The van der Waals surface area contributed by atoms with Crippen molar-refractivity contribution in [3.8, 4) is 0 Å². The van der Waals surface area contributed by atoms with Gasteiger partial charge in [0, 0.05) is 0 Å². The Morgan fingerprint density at radius 2 is 0.694 bits per heavy atom. The van der Waals surface area contributed by atoms with E-state index in [9.17, 15) is 17.6 Å². The molecule has 0 aliphatic heterocycles. The molecule has 0 atom stereocenters. The van der Waals surface area contributed by atoms with Gasteiger partial charge < -0.3 is 0 Å². The first kappa shape index (κ1) is 44.0. The topological polar surface area (TPSA) is 0 Å². The number of rotatable bonds is 0. The molecule has 0 aliphatic rings. The molecular formula is C45H52F4. The predicted molar refractivity (Wildman–Crippen MR) is 203 cm³/mol. The number of hydrogen-bond donors (Lipinski definition) is 0. The van der Waals surface area contributed by atoms with Crippen LogP contribution in [0.2, 0.25) is 0 Å². The second-order valence-electron chi connectivity index (χ2n) is 11.4. The normalized spacial score (nSPS) is 9.06. The maximum absolute atomic E-state index is 12.4. The molecular weight excluding hydrogens is 616 g/mol. The Balaban J connectivity index is 0.000000563. The average Bonchev–Trinajstić information content (AvgIpc) is 3.03. The van der Waals surface area contributed by atoms with E-state index in [0.29, 0.717) is 5.56 Å². The van der Waals surface area contributed by atoms with Crippen LogP contribution in [0.5, 0.6) is 0 Å². The standard InChI is InChI=1S/C8H9F.C8H10.3C7H7F.C7H8.CH4/c1-6-3-7(2)5-8(9)4-6;1-7-5-3-4-6-8(7)2;1-6-2-4-7(8)5-3-6;1-6-3-2-4-7(8)5-6;1-6-4-2-3-5-7(6)8;1-7-5-3-2-4-6-7;/h3-5H,1-2H3;3-6H,1-2H3;3*2-5H,1H3;2-6H,1H3;1H4. The Kier molecular flexibility index (Phi) is 22.6. The van der Waals surface area contributed by atoms with Crippen molar-refractivity contribution in [2.75, 3.05) is 0 Å². The Labute approximate surface area is 293 Å². The predicted octanol–water partition coefficient (Wildman–Crippen LogP) is 13.8. The summed E-state index contributed by atoms with van der Waals surface area (Å²) in [4.78, 5) is 0. The molecule has 260 valence electrons. The molecule has 0 aliphatic carbocycles. The van der Waals surface area contributed by atoms with E-state index in [1.54, 1.807) is 37.3 Å². The molecule has 49 heavy (non-hydrogen) atoms. The van der Waals surface area contributed by atoms with Crippen LogP contribution in [0.15, 0.2) is 146 Å². The van der Waals surface area contributed by atoms with Gasteiger partial charge in [-0.25, -0.2) is 17.6 Å². The summed E-state index contributed by atoms with van der Waals surface area (Å²) in [6.45, 7) is 15.6. The molecule has 0 fully saturated rings. The lowest BCUT2D eigenvalue weighted by atomic mass is 10.1. The van der Waals surface area contributed by atoms with Crippen LogP contribution in [0.25, 0.3) is 0 Å². The lowest BCUT2D eigenvalue weighted by molar-refractivity contribution is 0.618. The number of aryl methyl sites for hydroxylation is 8. The third-order valence-corrected chi connectivity index (χ3v) is 6.62. The summed E-state index contributed by atoms with van der Waals surface area (Å²) < 4.78 is 49.0. The second-order valence-corrected chi connectivity index (χ2v) is 11.4. The zero-order chi connectivity index (χ0) is 35.9. The Bertz CT molecular complexity index is 1550. The summed E-state index contributed by atoms with van der Waals surface area (Å²) >= 11 is 0. The van der Waals surface area contributed by atoms with Gasteiger partial charge in [-0.15, -0.1) is 0 Å². The third-order valence-electron chi connectivity index (χ3n) is 6.62. The van der Waals surface area contributed by atoms with Gasteiger partial charge in [-0.2, -0.15) is 0 Å². The summed E-state index contributed by atoms with van der Waals surface area (Å²) in [6.07, 6.45) is 0. The fraction of sp³-hybridized carbons (Fsp3) is 0.200. The molecule has 0 heterocycles. The van der Waals surface area contributed by atoms with E-state index >= 15 is 0 Å². The van der Waals surface area contributed by atoms with Gasteiger partial charge >= 0.3 is 0 Å². The van der Waals surface area contributed by atoms with Crippen molar-refractivity contribution in [1.29, 1.82) is 0 Å². The van der Waals surface area contributed by atoms with Gasteiger partial charge in [0.15, 0.2) is 0 Å². The minimum atomic E-state index is -0.171. The van der Waals surface area contributed by atoms with Gasteiger partial charge in [0.25, 0.3) is 0 Å². The van der Waals surface area contributed by atoms with E-state index in [-0.39, 0.29) is 30.7 Å². The lowest BCUT2D eigenvalue weighted by Gasteiger charge is -1.94. The fourth-order valence-electron chi connectivity index (χ4n) is 3.81. The minimum absolute atomic E-state index is 0. The Morgan fingerprint density at radius 1 is 0.286 bits per heavy atom. The van der Waals surface area contributed by atoms with Crippen LogP contribution < -0.4 is 0 Å². The Hall–Kier alpha value is -4.96. The molecule has 0 bridgehead atoms. The molecule has 0 spiro atoms. The number of halogens is 4. The van der Waals surface area contributed by atoms with E-state index in [1.807, 2.05) is 64.1 Å². The highest BCUT2D eigenvalue weighted by molar-refractivity contribution is 5.24. The zero-order valence-corrected chi connectivity index (χ0v) is 29.4. The van der Waals surface area contributed by atoms with E-state index in [1.165, 1.54) is 59.2 Å². The molecule has 6 aromatic rings. The highest BCUT2D eigenvalue weighted by Crippen LogP contribution is 2.06. The van der Waals surface area contributed by atoms with Crippen LogP contribution in [0.1, 0.15) is 51.9 Å². The van der Waals surface area contributed by atoms with Gasteiger partial charge in [-0.3, -0.25) is 0 Å². The second kappa shape index (κ2) is 25.1. The molecule has 0 saturated heterocycles. The van der Waals surface area contributed by atoms with E-state index in [2.05, 4.69) is 57.2 Å². The Morgan fingerprint density at radius 3 is 1.00 bits per heavy atom. The molecule has 0 saturated carbocycles. The van der Waals surface area contributed by atoms with Crippen molar-refractivity contribution in [3.05, 3.63) is 213 Å². The van der Waals surface area contributed by atoms with E-state index in [0.717, 1.165) is 22.3 Å². The molecule has 4 heteroatoms. The van der Waals surface area contributed by atoms with Crippen molar-refractivity contribution in [1.82, 2.24) is 0 Å². The highest BCUT2D eigenvalue weighted by atomic mass is 19.1. The van der Waals surface area contributed by atoms with Crippen molar-refractivity contribution in [2.45, 2.75) is 62.8 Å². The first-order valence-corrected chi connectivity index (χ1v) is 15.7. The van der Waals surface area contributed by atoms with Gasteiger partial charge in [-0.1, -0.05) is 122 Å². The zero-order valence-electron chi connectivity index (χ0n) is 29.4. The van der Waals surface area contributed by atoms with Crippen molar-refractivity contribution in [2.24, 2.45) is 0 Å². The summed E-state index contributed by atoms with van der Waals surface area (Å²) in [7, 11) is 0. The minimum Gasteiger partial charge on any atom is -0.207 e. The smallest absolute Gasteiger partial charge is 0.126 e. The number of hydrogen-bond acceptors (Lipinski definition) is 0. The molecule has 0 aromatic heterocycles. The molecule has 0 nitrogen and oxygen atoms in total. The maximum Gasteiger partial charge on any atom is 0.126 e. The average molecular weight is 669 g/mol. The molecule has 6 rings (SSSR count). The van der Waals surface area contributed by atoms with Crippen LogP contribution in [0.4, 0.5) is 17.6 Å². The van der Waals surface area contributed by atoms with Crippen LogP contribution in [0.3, 0.4) is 0 Å². The molecule has 0 radical (unpaired) electrons. The van der Waals surface area contributed by atoms with Gasteiger partial charge in [0.05, 0.1) is 0 Å². The molecule has 0 unspecified atom stereocenters. The summed E-state index contributed by atoms with van der Waals surface area (Å²) in [5, 5.41) is 0. The van der Waals surface area contributed by atoms with E-state index in [4.69, 9.17) is 0 Å². The largest absolute Gasteiger partial charge is 0.207 e. The molecule has 0 N–H and O–H groups in total. The lowest BCUT2D eigenvalue weighted by Crippen LogP contribution is -1.79. The summed E-state index contributed by atoms with van der Waals surface area (Å²) in [5.41, 5.74) is 8.77. The van der Waals surface area contributed by atoms with Crippen LogP contribution >= 0.6 is 0 Å². The highest BCUT2D eigenvalue weighted by Gasteiger charge is 1.91. The summed E-state index contributed by atoms with van der Waals surface area (Å²) in [5.74, 6) is -0.611. The quantitative estimate of drug-likeness (QED) is 0.141. The summed E-state index contributed by atoms with van der Waals surface area (Å²) in [6, 6.07) is 43.2. The first-order valence-electron chi connectivity index (χ1n) is 15.7. The van der Waals surface area contributed by atoms with Crippen molar-refractivity contribution < 1.29 is 17.6 Å². The maximum atomic E-state index is 12.4. The van der Waals surface area contributed by atoms with Crippen molar-refractivity contribution in [3.63, 3.8) is 0 Å².